The van der Waals surface area contributed by atoms with Crippen molar-refractivity contribution in [3.8, 4) is 11.3 Å². The van der Waals surface area contributed by atoms with Gasteiger partial charge < -0.3 is 25.1 Å². The van der Waals surface area contributed by atoms with Crippen molar-refractivity contribution >= 4 is 45.7 Å². The van der Waals surface area contributed by atoms with E-state index in [1.165, 1.54) is 0 Å². The first-order valence-electron chi connectivity index (χ1n) is 13.2. The van der Waals surface area contributed by atoms with E-state index in [9.17, 15) is 14.7 Å². The minimum atomic E-state index is -1.03. The fourth-order valence-electron chi connectivity index (χ4n) is 5.27. The van der Waals surface area contributed by atoms with Gasteiger partial charge in [0.25, 0.3) is 0 Å². The van der Waals surface area contributed by atoms with Crippen LogP contribution in [0.25, 0.3) is 22.1 Å². The molecule has 0 saturated carbocycles. The van der Waals surface area contributed by atoms with Crippen molar-refractivity contribution in [1.29, 1.82) is 0 Å². The third-order valence-electron chi connectivity index (χ3n) is 7.18. The lowest BCUT2D eigenvalue weighted by molar-refractivity contribution is -0.116. The number of carbonyl (C=O) groups is 2. The summed E-state index contributed by atoms with van der Waals surface area (Å²) >= 11 is 5.73. The van der Waals surface area contributed by atoms with Crippen LogP contribution in [0.4, 0.5) is 5.69 Å². The first-order valence-corrected chi connectivity index (χ1v) is 13.6. The van der Waals surface area contributed by atoms with Crippen LogP contribution in [0.5, 0.6) is 0 Å². The zero-order valence-corrected chi connectivity index (χ0v) is 22.7. The first-order chi connectivity index (χ1) is 20.0. The van der Waals surface area contributed by atoms with Gasteiger partial charge in [-0.3, -0.25) is 9.78 Å². The molecule has 3 N–H and O–H groups in total. The molecule has 9 heteroatoms. The van der Waals surface area contributed by atoms with E-state index in [0.29, 0.717) is 28.7 Å². The second-order valence-electron chi connectivity index (χ2n) is 9.70. The third kappa shape index (κ3) is 5.27. The molecule has 1 saturated heterocycles. The highest BCUT2D eigenvalue weighted by Crippen LogP contribution is 2.41. The van der Waals surface area contributed by atoms with Crippen LogP contribution in [0.2, 0.25) is 0 Å². The number of amides is 1. The number of nitrogens with one attached hydrogen (secondary N) is 2. The van der Waals surface area contributed by atoms with Crippen LogP contribution in [0.15, 0.2) is 108 Å². The number of carboxylic acid groups (broad SMARTS) is 1. The Morgan fingerprint density at radius 3 is 2.56 bits per heavy atom. The van der Waals surface area contributed by atoms with Gasteiger partial charge in [-0.2, -0.15) is 0 Å². The molecule has 0 bridgehead atoms. The van der Waals surface area contributed by atoms with Crippen LogP contribution in [0.3, 0.4) is 0 Å². The number of fused-ring (bicyclic) bond motifs is 1. The summed E-state index contributed by atoms with van der Waals surface area (Å²) in [5.74, 6) is -0.158. The number of anilines is 1. The summed E-state index contributed by atoms with van der Waals surface area (Å²) in [6.07, 6.45) is 1.90. The number of carbonyl (C=O) groups excluding carboxylic acids is 1. The quantitative estimate of drug-likeness (QED) is 0.192. The molecule has 1 aliphatic heterocycles. The van der Waals surface area contributed by atoms with Crippen LogP contribution in [0.1, 0.15) is 40.3 Å². The molecule has 0 spiro atoms. The summed E-state index contributed by atoms with van der Waals surface area (Å²) in [6, 6.07) is 28.9. The molecule has 5 aromatic rings. The second-order valence-corrected chi connectivity index (χ2v) is 10.1. The Kier molecular flexibility index (Phi) is 7.18. The maximum absolute atomic E-state index is 13.1. The van der Waals surface area contributed by atoms with E-state index in [1.807, 2.05) is 71.6 Å². The standard InChI is InChI=1S/C32H26N4O4S/c37-28(34-24-14-7-9-20-8-1-2-10-21(20)24)17-19-36-30(29(35-32(36)41)25-13-5-6-18-33-25)27-16-15-26(40-27)22-11-3-4-12-23(22)31(38)39/h1-16,18,29-30H,17,19H2,(H,34,37)(H,35,41)(H,38,39). The molecule has 3 aromatic carbocycles. The number of thiocarbonyl (C=S) groups is 1. The van der Waals surface area contributed by atoms with Gasteiger partial charge >= 0.3 is 5.97 Å². The lowest BCUT2D eigenvalue weighted by Gasteiger charge is -2.26. The monoisotopic (exact) mass is 562 g/mol. The van der Waals surface area contributed by atoms with Crippen LogP contribution in [0, 0.1) is 0 Å². The van der Waals surface area contributed by atoms with Gasteiger partial charge in [0.1, 0.15) is 17.6 Å². The van der Waals surface area contributed by atoms with Crippen molar-refractivity contribution < 1.29 is 19.1 Å². The lowest BCUT2D eigenvalue weighted by atomic mass is 10.0. The highest BCUT2D eigenvalue weighted by molar-refractivity contribution is 7.80. The van der Waals surface area contributed by atoms with E-state index in [0.717, 1.165) is 22.2 Å². The van der Waals surface area contributed by atoms with Crippen molar-refractivity contribution in [2.75, 3.05) is 11.9 Å². The van der Waals surface area contributed by atoms with Crippen molar-refractivity contribution in [3.05, 3.63) is 120 Å². The van der Waals surface area contributed by atoms with Crippen LogP contribution in [-0.4, -0.2) is 38.5 Å². The fraction of sp³-hybridized carbons (Fsp3) is 0.125. The van der Waals surface area contributed by atoms with Crippen LogP contribution in [-0.2, 0) is 4.79 Å². The van der Waals surface area contributed by atoms with Crippen molar-refractivity contribution in [2.45, 2.75) is 18.5 Å². The zero-order chi connectivity index (χ0) is 28.3. The summed E-state index contributed by atoms with van der Waals surface area (Å²) in [6.45, 7) is 0.332. The highest BCUT2D eigenvalue weighted by Gasteiger charge is 2.41. The number of benzene rings is 3. The van der Waals surface area contributed by atoms with Gasteiger partial charge in [0.15, 0.2) is 5.11 Å². The van der Waals surface area contributed by atoms with Crippen LogP contribution >= 0.6 is 12.2 Å². The third-order valence-corrected chi connectivity index (χ3v) is 7.53. The molecule has 2 aromatic heterocycles. The molecule has 204 valence electrons. The number of hydrogen-bond acceptors (Lipinski definition) is 5. The number of pyridine rings is 1. The van der Waals surface area contributed by atoms with Gasteiger partial charge in [-0.1, -0.05) is 60.7 Å². The Morgan fingerprint density at radius 2 is 1.73 bits per heavy atom. The summed E-state index contributed by atoms with van der Waals surface area (Å²) in [5, 5.41) is 18.6. The zero-order valence-electron chi connectivity index (χ0n) is 21.9. The van der Waals surface area contributed by atoms with Gasteiger partial charge in [0.2, 0.25) is 5.91 Å². The minimum absolute atomic E-state index is 0.139. The van der Waals surface area contributed by atoms with E-state index >= 15 is 0 Å². The average Bonchev–Trinajstić information content (AvgIpc) is 3.61. The molecule has 6 rings (SSSR count). The van der Waals surface area contributed by atoms with Gasteiger partial charge in [0, 0.05) is 35.8 Å². The van der Waals surface area contributed by atoms with E-state index in [-0.39, 0.29) is 23.9 Å². The Bertz CT molecular complexity index is 1750. The summed E-state index contributed by atoms with van der Waals surface area (Å²) in [4.78, 5) is 31.4. The molecule has 0 radical (unpaired) electrons. The molecule has 1 aliphatic rings. The Labute approximate surface area is 241 Å². The first kappa shape index (κ1) is 26.2. The molecular formula is C32H26N4O4S. The summed E-state index contributed by atoms with van der Waals surface area (Å²) in [5.41, 5.74) is 2.16. The Balaban J connectivity index is 1.28. The number of rotatable bonds is 8. The number of hydrogen-bond donors (Lipinski definition) is 3. The number of furan rings is 1. The van der Waals surface area contributed by atoms with Crippen molar-refractivity contribution in [2.24, 2.45) is 0 Å². The average molecular weight is 563 g/mol. The number of aromatic carboxylic acids is 1. The Hall–Kier alpha value is -5.02. The van der Waals surface area contributed by atoms with Gasteiger partial charge in [-0.15, -0.1) is 0 Å². The van der Waals surface area contributed by atoms with Gasteiger partial charge in [0.05, 0.1) is 17.3 Å². The fourth-order valence-corrected chi connectivity index (χ4v) is 5.60. The second kappa shape index (κ2) is 11.2. The van der Waals surface area contributed by atoms with E-state index in [4.69, 9.17) is 16.6 Å². The SMILES string of the molecule is O=C(CCN1C(=S)NC(c2ccccn2)C1c1ccc(-c2ccccc2C(=O)O)o1)Nc1cccc2ccccc12. The maximum atomic E-state index is 13.1. The predicted octanol–water partition coefficient (Wildman–Crippen LogP) is 6.19. The van der Waals surface area contributed by atoms with Gasteiger partial charge in [-0.05, 0) is 54.0 Å². The van der Waals surface area contributed by atoms with Gasteiger partial charge in [-0.25, -0.2) is 4.79 Å². The molecule has 3 heterocycles. The van der Waals surface area contributed by atoms with E-state index in [1.54, 1.807) is 36.5 Å². The molecule has 2 atom stereocenters. The molecule has 0 aliphatic carbocycles. The topological polar surface area (TPSA) is 108 Å². The normalized spacial score (nSPS) is 16.5. The van der Waals surface area contributed by atoms with Crippen molar-refractivity contribution in [1.82, 2.24) is 15.2 Å². The number of aromatic nitrogens is 1. The number of carboxylic acids is 1. The molecule has 8 nitrogen and oxygen atoms in total. The predicted molar refractivity (Wildman–Crippen MR) is 160 cm³/mol. The lowest BCUT2D eigenvalue weighted by Crippen LogP contribution is -2.32. The Morgan fingerprint density at radius 1 is 0.951 bits per heavy atom. The molecule has 41 heavy (non-hydrogen) atoms. The summed E-state index contributed by atoms with van der Waals surface area (Å²) < 4.78 is 6.29. The molecule has 1 amide bonds. The molecule has 2 unspecified atom stereocenters. The van der Waals surface area contributed by atoms with E-state index < -0.39 is 12.0 Å². The maximum Gasteiger partial charge on any atom is 0.336 e. The molecule has 1 fully saturated rings. The highest BCUT2D eigenvalue weighted by atomic mass is 32.1. The largest absolute Gasteiger partial charge is 0.478 e. The minimum Gasteiger partial charge on any atom is -0.478 e. The smallest absolute Gasteiger partial charge is 0.336 e. The van der Waals surface area contributed by atoms with Crippen LogP contribution < -0.4 is 10.6 Å². The number of nitrogens with zero attached hydrogens (tertiary/aromatic N) is 2. The van der Waals surface area contributed by atoms with Crippen molar-refractivity contribution in [3.63, 3.8) is 0 Å². The molecular weight excluding hydrogens is 536 g/mol. The van der Waals surface area contributed by atoms with E-state index in [2.05, 4.69) is 15.6 Å². The summed E-state index contributed by atoms with van der Waals surface area (Å²) in [7, 11) is 0.